The lowest BCUT2D eigenvalue weighted by Gasteiger charge is -2.10. The van der Waals surface area contributed by atoms with Gasteiger partial charge in [-0.1, -0.05) is 52.3 Å². The van der Waals surface area contributed by atoms with Crippen molar-refractivity contribution in [3.05, 3.63) is 71.5 Å². The van der Waals surface area contributed by atoms with Crippen molar-refractivity contribution in [3.63, 3.8) is 0 Å². The Kier molecular flexibility index (Phi) is 3.24. The molecule has 0 bridgehead atoms. The molecule has 0 aliphatic heterocycles. The molecule has 0 atom stereocenters. The molecule has 3 nitrogen and oxygen atoms in total. The number of anilines is 2. The highest BCUT2D eigenvalue weighted by Crippen LogP contribution is 2.29. The van der Waals surface area contributed by atoms with Crippen molar-refractivity contribution in [1.29, 1.82) is 0 Å². The van der Waals surface area contributed by atoms with Crippen LogP contribution in [0.5, 0.6) is 0 Å². The zero-order valence-corrected chi connectivity index (χ0v) is 13.2. The molecule has 0 saturated heterocycles. The predicted octanol–water partition coefficient (Wildman–Crippen LogP) is 5.29. The van der Waals surface area contributed by atoms with Crippen molar-refractivity contribution in [3.8, 4) is 0 Å². The van der Waals surface area contributed by atoms with Gasteiger partial charge in [0, 0.05) is 20.9 Å². The lowest BCUT2D eigenvalue weighted by atomic mass is 10.1. The summed E-state index contributed by atoms with van der Waals surface area (Å²) in [4.78, 5) is 8.87. The molecule has 1 N–H and O–H groups in total. The van der Waals surface area contributed by atoms with Gasteiger partial charge in [0.15, 0.2) is 0 Å². The molecule has 0 saturated carbocycles. The van der Waals surface area contributed by atoms with Crippen LogP contribution in [0.3, 0.4) is 0 Å². The molecule has 1 aromatic heterocycles. The Morgan fingerprint density at radius 3 is 2.64 bits per heavy atom. The zero-order valence-electron chi connectivity index (χ0n) is 11.6. The largest absolute Gasteiger partial charge is 0.340 e. The number of rotatable bonds is 2. The topological polar surface area (TPSA) is 37.8 Å². The fourth-order valence-corrected chi connectivity index (χ4v) is 3.00. The van der Waals surface area contributed by atoms with Gasteiger partial charge in [0.05, 0.1) is 5.52 Å². The summed E-state index contributed by atoms with van der Waals surface area (Å²) < 4.78 is 1.03. The van der Waals surface area contributed by atoms with Gasteiger partial charge in [-0.15, -0.1) is 0 Å². The number of aromatic nitrogens is 2. The van der Waals surface area contributed by atoms with Crippen LogP contribution in [-0.4, -0.2) is 9.97 Å². The molecule has 22 heavy (non-hydrogen) atoms. The molecule has 0 aliphatic rings. The molecular formula is C18H12BrN3. The minimum atomic E-state index is 0.814. The molecular weight excluding hydrogens is 338 g/mol. The molecule has 4 aromatic rings. The average molecular weight is 350 g/mol. The van der Waals surface area contributed by atoms with Gasteiger partial charge in [-0.2, -0.15) is 0 Å². The first kappa shape index (κ1) is 13.2. The first-order valence-corrected chi connectivity index (χ1v) is 7.75. The van der Waals surface area contributed by atoms with Crippen LogP contribution in [0, 0.1) is 0 Å². The highest BCUT2D eigenvalue weighted by atomic mass is 79.9. The summed E-state index contributed by atoms with van der Waals surface area (Å²) in [6.07, 6.45) is 1.61. The molecule has 1 heterocycles. The van der Waals surface area contributed by atoms with Crippen molar-refractivity contribution in [1.82, 2.24) is 9.97 Å². The maximum atomic E-state index is 4.47. The summed E-state index contributed by atoms with van der Waals surface area (Å²) in [7, 11) is 0. The molecule has 0 amide bonds. The Labute approximate surface area is 136 Å². The Morgan fingerprint density at radius 2 is 1.73 bits per heavy atom. The first-order valence-electron chi connectivity index (χ1n) is 6.96. The lowest BCUT2D eigenvalue weighted by Crippen LogP contribution is -1.96. The molecule has 0 fully saturated rings. The monoisotopic (exact) mass is 349 g/mol. The number of benzene rings is 3. The quantitative estimate of drug-likeness (QED) is 0.499. The molecule has 4 heteroatoms. The van der Waals surface area contributed by atoms with E-state index < -0.39 is 0 Å². The molecule has 106 valence electrons. The third kappa shape index (κ3) is 2.31. The zero-order chi connectivity index (χ0) is 14.9. The van der Waals surface area contributed by atoms with Crippen molar-refractivity contribution < 1.29 is 0 Å². The SMILES string of the molecule is Brc1cccc(Nc2ncnc3c2ccc2ccccc23)c1. The summed E-state index contributed by atoms with van der Waals surface area (Å²) >= 11 is 3.49. The maximum absolute atomic E-state index is 4.47. The van der Waals surface area contributed by atoms with E-state index in [1.807, 2.05) is 36.4 Å². The lowest BCUT2D eigenvalue weighted by molar-refractivity contribution is 1.22. The predicted molar refractivity (Wildman–Crippen MR) is 94.5 cm³/mol. The van der Waals surface area contributed by atoms with E-state index >= 15 is 0 Å². The van der Waals surface area contributed by atoms with Crippen LogP contribution in [0.1, 0.15) is 0 Å². The molecule has 0 aliphatic carbocycles. The third-order valence-electron chi connectivity index (χ3n) is 3.62. The van der Waals surface area contributed by atoms with Crippen LogP contribution in [-0.2, 0) is 0 Å². The number of hydrogen-bond acceptors (Lipinski definition) is 3. The van der Waals surface area contributed by atoms with Crippen LogP contribution in [0.15, 0.2) is 71.5 Å². The third-order valence-corrected chi connectivity index (χ3v) is 4.11. The fraction of sp³-hybridized carbons (Fsp3) is 0. The van der Waals surface area contributed by atoms with Crippen LogP contribution in [0.25, 0.3) is 21.7 Å². The Bertz CT molecular complexity index is 982. The van der Waals surface area contributed by atoms with Crippen molar-refractivity contribution in [2.24, 2.45) is 0 Å². The second kappa shape index (κ2) is 5.39. The number of nitrogens with one attached hydrogen (secondary N) is 1. The van der Waals surface area contributed by atoms with Crippen molar-refractivity contribution in [2.45, 2.75) is 0 Å². The van der Waals surface area contributed by atoms with E-state index in [1.54, 1.807) is 6.33 Å². The Morgan fingerprint density at radius 1 is 0.818 bits per heavy atom. The van der Waals surface area contributed by atoms with E-state index in [0.717, 1.165) is 32.3 Å². The number of nitrogens with zero attached hydrogens (tertiary/aromatic N) is 2. The van der Waals surface area contributed by atoms with Crippen molar-refractivity contribution >= 4 is 49.1 Å². The first-order chi connectivity index (χ1) is 10.8. The molecule has 3 aromatic carbocycles. The van der Waals surface area contributed by atoms with Gasteiger partial charge in [-0.05, 0) is 29.7 Å². The number of halogens is 1. The van der Waals surface area contributed by atoms with Gasteiger partial charge in [0.2, 0.25) is 0 Å². The summed E-state index contributed by atoms with van der Waals surface area (Å²) in [6.45, 7) is 0. The smallest absolute Gasteiger partial charge is 0.141 e. The van der Waals surface area contributed by atoms with E-state index in [1.165, 1.54) is 5.39 Å². The number of hydrogen-bond donors (Lipinski definition) is 1. The maximum Gasteiger partial charge on any atom is 0.141 e. The van der Waals surface area contributed by atoms with Crippen LogP contribution < -0.4 is 5.32 Å². The van der Waals surface area contributed by atoms with Gasteiger partial charge in [-0.3, -0.25) is 0 Å². The van der Waals surface area contributed by atoms with Gasteiger partial charge in [0.25, 0.3) is 0 Å². The molecule has 4 rings (SSSR count). The minimum Gasteiger partial charge on any atom is -0.340 e. The normalized spacial score (nSPS) is 11.0. The average Bonchev–Trinajstić information content (AvgIpc) is 2.55. The second-order valence-electron chi connectivity index (χ2n) is 5.04. The van der Waals surface area contributed by atoms with Gasteiger partial charge in [-0.25, -0.2) is 9.97 Å². The van der Waals surface area contributed by atoms with Gasteiger partial charge in [0.1, 0.15) is 12.1 Å². The summed E-state index contributed by atoms with van der Waals surface area (Å²) in [6, 6.07) is 20.5. The van der Waals surface area contributed by atoms with E-state index in [0.29, 0.717) is 0 Å². The van der Waals surface area contributed by atoms with Crippen LogP contribution >= 0.6 is 15.9 Å². The van der Waals surface area contributed by atoms with E-state index in [2.05, 4.69) is 55.5 Å². The summed E-state index contributed by atoms with van der Waals surface area (Å²) in [5.41, 5.74) is 1.95. The van der Waals surface area contributed by atoms with Crippen molar-refractivity contribution in [2.75, 3.05) is 5.32 Å². The van der Waals surface area contributed by atoms with Gasteiger partial charge >= 0.3 is 0 Å². The van der Waals surface area contributed by atoms with Gasteiger partial charge < -0.3 is 5.32 Å². The highest BCUT2D eigenvalue weighted by molar-refractivity contribution is 9.10. The molecule has 0 unspecified atom stereocenters. The summed E-state index contributed by atoms with van der Waals surface area (Å²) in [5.74, 6) is 0.814. The number of fused-ring (bicyclic) bond motifs is 3. The molecule has 0 spiro atoms. The fourth-order valence-electron chi connectivity index (χ4n) is 2.60. The van der Waals surface area contributed by atoms with Crippen LogP contribution in [0.4, 0.5) is 11.5 Å². The Hall–Kier alpha value is -2.46. The Balaban J connectivity index is 1.90. The minimum absolute atomic E-state index is 0.814. The van der Waals surface area contributed by atoms with E-state index in [9.17, 15) is 0 Å². The summed E-state index contributed by atoms with van der Waals surface area (Å²) in [5, 5.41) is 6.71. The standard InChI is InChI=1S/C18H12BrN3/c19-13-5-3-6-14(10-13)22-18-16-9-8-12-4-1-2-7-15(12)17(16)20-11-21-18/h1-11H,(H,20,21,22). The van der Waals surface area contributed by atoms with E-state index in [4.69, 9.17) is 0 Å². The molecule has 0 radical (unpaired) electrons. The van der Waals surface area contributed by atoms with Crippen LogP contribution in [0.2, 0.25) is 0 Å². The highest BCUT2D eigenvalue weighted by Gasteiger charge is 2.07. The van der Waals surface area contributed by atoms with E-state index in [-0.39, 0.29) is 0 Å². The second-order valence-corrected chi connectivity index (χ2v) is 5.96.